The quantitative estimate of drug-likeness (QED) is 0.138. The second-order valence-electron chi connectivity index (χ2n) is 7.62. The van der Waals surface area contributed by atoms with Crippen molar-refractivity contribution >= 4 is 49.2 Å². The van der Waals surface area contributed by atoms with E-state index in [1.165, 1.54) is 0 Å². The number of hydrogen-bond acceptors (Lipinski definition) is 5. The van der Waals surface area contributed by atoms with Gasteiger partial charge in [-0.1, -0.05) is 61.2 Å². The van der Waals surface area contributed by atoms with Crippen molar-refractivity contribution in [2.24, 2.45) is 0 Å². The minimum atomic E-state index is 0. The predicted molar refractivity (Wildman–Crippen MR) is 133 cm³/mol. The van der Waals surface area contributed by atoms with E-state index in [1.807, 2.05) is 66.7 Å². The molecule has 0 atom stereocenters. The summed E-state index contributed by atoms with van der Waals surface area (Å²) in [5.74, 6) is 0.517. The van der Waals surface area contributed by atoms with Gasteiger partial charge in [0.1, 0.15) is 23.0 Å². The molecule has 0 fully saturated rings. The molecule has 0 unspecified atom stereocenters. The molecule has 4 aromatic carbocycles. The van der Waals surface area contributed by atoms with Crippen molar-refractivity contribution in [1.29, 1.82) is 5.26 Å². The Kier molecular flexibility index (Phi) is 6.56. The number of hydrogen-bond donors (Lipinski definition) is 2. The summed E-state index contributed by atoms with van der Waals surface area (Å²) in [6.45, 7) is 6.93. The number of phenolic OH excluding ortho intramolecular Hbond substituents is 2. The van der Waals surface area contributed by atoms with Gasteiger partial charge in [0.05, 0.1) is 0 Å². The van der Waals surface area contributed by atoms with Crippen molar-refractivity contribution in [2.45, 2.75) is 0 Å². The van der Waals surface area contributed by atoms with Crippen LogP contribution in [-0.4, -0.2) is 20.2 Å². The zero-order chi connectivity index (χ0) is 23.7. The summed E-state index contributed by atoms with van der Waals surface area (Å²) >= 11 is 0. The Balaban J connectivity index is 0.000000160. The van der Waals surface area contributed by atoms with Crippen molar-refractivity contribution in [2.75, 3.05) is 0 Å². The maximum Gasteiger partial charge on any atom is 0.270 e. The molecule has 0 spiro atoms. The molecular weight excluding hydrogens is 490 g/mol. The molecule has 0 aliphatic heterocycles. The maximum atomic E-state index is 9.92. The Morgan fingerprint density at radius 3 is 1.74 bits per heavy atom. The van der Waals surface area contributed by atoms with Gasteiger partial charge < -0.3 is 15.1 Å². The second-order valence-corrected chi connectivity index (χ2v) is 7.62. The normalized spacial score (nSPS) is 10.2. The number of rotatable bonds is 0. The number of pyridine rings is 2. The van der Waals surface area contributed by atoms with E-state index in [0.717, 1.165) is 32.3 Å². The van der Waals surface area contributed by atoms with Gasteiger partial charge in [0.25, 0.3) is 5.82 Å². The summed E-state index contributed by atoms with van der Waals surface area (Å²) in [6, 6.07) is 27.9. The van der Waals surface area contributed by atoms with Crippen LogP contribution in [0.2, 0.25) is 0 Å². The molecule has 6 rings (SSSR count). The van der Waals surface area contributed by atoms with Gasteiger partial charge in [-0.3, -0.25) is 0 Å². The Morgan fingerprint density at radius 1 is 0.686 bits per heavy atom. The SMILES string of the molecule is N#Cc1ccc2c(n1)c(O)cc1ccccc12.[C-]#[N+]c1ccc2c(n1)c(O)cc1ccccc12.[Zn]. The maximum absolute atomic E-state index is 9.92. The van der Waals surface area contributed by atoms with Crippen molar-refractivity contribution in [1.82, 2.24) is 9.97 Å². The Labute approximate surface area is 213 Å². The average molecular weight is 506 g/mol. The molecule has 0 bridgehead atoms. The fourth-order valence-corrected chi connectivity index (χ4v) is 4.03. The molecule has 2 N–H and O–H groups in total. The van der Waals surface area contributed by atoms with E-state index in [2.05, 4.69) is 14.8 Å². The molecule has 0 aliphatic rings. The van der Waals surface area contributed by atoms with Gasteiger partial charge in [-0.05, 0) is 51.9 Å². The molecule has 2 heterocycles. The number of aromatic nitrogens is 2. The number of fused-ring (bicyclic) bond motifs is 6. The standard InChI is InChI=1S/2C14H8N2O.Zn/c1-15-13-7-6-11-10-5-3-2-4-9(10)8-12(17)14(11)16-13;15-8-10-5-6-12-11-4-2-1-3-9(11)7-13(17)14(12)16-10;/h2-8,17H;1-7,17H;. The first-order valence-corrected chi connectivity index (χ1v) is 10.4. The third-order valence-corrected chi connectivity index (χ3v) is 5.58. The van der Waals surface area contributed by atoms with Crippen LogP contribution in [0.15, 0.2) is 84.9 Å². The van der Waals surface area contributed by atoms with Crippen molar-refractivity contribution in [3.8, 4) is 17.6 Å². The summed E-state index contributed by atoms with van der Waals surface area (Å²) in [6.07, 6.45) is 0. The molecule has 6 aromatic rings. The Morgan fingerprint density at radius 2 is 1.20 bits per heavy atom. The van der Waals surface area contributed by atoms with Crippen LogP contribution < -0.4 is 0 Å². The Bertz CT molecular complexity index is 1690. The monoisotopic (exact) mass is 504 g/mol. The summed E-state index contributed by atoms with van der Waals surface area (Å²) in [5, 5.41) is 34.4. The van der Waals surface area contributed by atoms with E-state index in [4.69, 9.17) is 11.8 Å². The van der Waals surface area contributed by atoms with Crippen LogP contribution in [-0.2, 0) is 19.5 Å². The van der Waals surface area contributed by atoms with Crippen LogP contribution in [0.1, 0.15) is 5.69 Å². The first-order chi connectivity index (χ1) is 16.6. The van der Waals surface area contributed by atoms with Crippen LogP contribution in [0, 0.1) is 17.9 Å². The summed E-state index contributed by atoms with van der Waals surface area (Å²) in [4.78, 5) is 11.5. The predicted octanol–water partition coefficient (Wildman–Crippen LogP) is 6.61. The average Bonchev–Trinajstić information content (AvgIpc) is 2.89. The molecule has 0 radical (unpaired) electrons. The largest absolute Gasteiger partial charge is 0.506 e. The van der Waals surface area contributed by atoms with Gasteiger partial charge in [0.2, 0.25) is 5.52 Å². The minimum Gasteiger partial charge on any atom is -0.506 e. The smallest absolute Gasteiger partial charge is 0.270 e. The van der Waals surface area contributed by atoms with Crippen LogP contribution >= 0.6 is 0 Å². The molecule has 0 amide bonds. The van der Waals surface area contributed by atoms with E-state index in [1.54, 1.807) is 24.3 Å². The van der Waals surface area contributed by atoms with Crippen LogP contribution in [0.25, 0.3) is 48.2 Å². The molecule has 7 heteroatoms. The van der Waals surface area contributed by atoms with Gasteiger partial charge in [-0.2, -0.15) is 5.26 Å². The summed E-state index contributed by atoms with van der Waals surface area (Å²) < 4.78 is 0. The molecule has 2 aromatic heterocycles. The second kappa shape index (κ2) is 9.73. The van der Waals surface area contributed by atoms with Crippen LogP contribution in [0.5, 0.6) is 11.5 Å². The van der Waals surface area contributed by atoms with Gasteiger partial charge in [-0.25, -0.2) is 4.98 Å². The molecule has 0 aliphatic carbocycles. The number of nitrogens with zero attached hydrogens (tertiary/aromatic N) is 4. The third kappa shape index (κ3) is 4.34. The van der Waals surface area contributed by atoms with E-state index in [0.29, 0.717) is 22.5 Å². The van der Waals surface area contributed by atoms with Gasteiger partial charge in [-0.15, -0.1) is 4.98 Å². The summed E-state index contributed by atoms with van der Waals surface area (Å²) in [7, 11) is 0. The van der Waals surface area contributed by atoms with E-state index >= 15 is 0 Å². The Hall–Kier alpha value is -4.58. The first kappa shape index (κ1) is 23.6. The van der Waals surface area contributed by atoms with E-state index < -0.39 is 0 Å². The zero-order valence-electron chi connectivity index (χ0n) is 18.5. The minimum absolute atomic E-state index is 0. The number of benzene rings is 4. The molecule has 0 saturated carbocycles. The molecule has 35 heavy (non-hydrogen) atoms. The van der Waals surface area contributed by atoms with Crippen LogP contribution in [0.3, 0.4) is 0 Å². The molecular formula is C28H16N4O2Zn. The van der Waals surface area contributed by atoms with Crippen molar-refractivity contribution in [3.63, 3.8) is 0 Å². The fraction of sp³-hybridized carbons (Fsp3) is 0. The first-order valence-electron chi connectivity index (χ1n) is 10.4. The zero-order valence-corrected chi connectivity index (χ0v) is 21.4. The fourth-order valence-electron chi connectivity index (χ4n) is 4.03. The molecule has 162 valence electrons. The molecule has 0 saturated heterocycles. The van der Waals surface area contributed by atoms with E-state index in [-0.39, 0.29) is 31.0 Å². The van der Waals surface area contributed by atoms with Crippen LogP contribution in [0.4, 0.5) is 5.82 Å². The van der Waals surface area contributed by atoms with Gasteiger partial charge in [0, 0.05) is 30.3 Å². The van der Waals surface area contributed by atoms with E-state index in [9.17, 15) is 10.2 Å². The van der Waals surface area contributed by atoms with Gasteiger partial charge in [0.15, 0.2) is 5.75 Å². The third-order valence-electron chi connectivity index (χ3n) is 5.58. The van der Waals surface area contributed by atoms with Crippen molar-refractivity contribution < 1.29 is 29.7 Å². The number of aromatic hydroxyl groups is 2. The van der Waals surface area contributed by atoms with Gasteiger partial charge >= 0.3 is 0 Å². The molecule has 6 nitrogen and oxygen atoms in total. The number of nitriles is 1. The summed E-state index contributed by atoms with van der Waals surface area (Å²) in [5.41, 5.74) is 1.27. The topological polar surface area (TPSA) is 94.4 Å². The van der Waals surface area contributed by atoms with Crippen molar-refractivity contribution in [3.05, 3.63) is 102 Å². The number of phenols is 2.